The van der Waals surface area contributed by atoms with Gasteiger partial charge in [0.2, 0.25) is 5.91 Å². The van der Waals surface area contributed by atoms with Gasteiger partial charge in [-0.05, 0) is 31.2 Å². The number of benzene rings is 2. The van der Waals surface area contributed by atoms with Crippen LogP contribution >= 0.6 is 0 Å². The van der Waals surface area contributed by atoms with Crippen LogP contribution in [0.15, 0.2) is 48.5 Å². The molecule has 0 aromatic heterocycles. The number of non-ortho nitro benzene ring substituents is 1. The van der Waals surface area contributed by atoms with E-state index in [0.717, 1.165) is 5.56 Å². The first kappa shape index (κ1) is 16.6. The van der Waals surface area contributed by atoms with E-state index in [4.69, 9.17) is 0 Å². The molecule has 0 saturated heterocycles. The lowest BCUT2D eigenvalue weighted by Crippen LogP contribution is -2.30. The summed E-state index contributed by atoms with van der Waals surface area (Å²) >= 11 is 0. The summed E-state index contributed by atoms with van der Waals surface area (Å²) in [4.78, 5) is 24.3. The van der Waals surface area contributed by atoms with Crippen LogP contribution in [0.25, 0.3) is 0 Å². The Balaban J connectivity index is 1.93. The Morgan fingerprint density at radius 1 is 1.22 bits per heavy atom. The third-order valence-corrected chi connectivity index (χ3v) is 3.40. The van der Waals surface area contributed by atoms with Crippen molar-refractivity contribution in [3.8, 4) is 0 Å². The number of hydrogen-bond acceptors (Lipinski definition) is 4. The molecule has 2 rings (SSSR count). The Morgan fingerprint density at radius 3 is 2.52 bits per heavy atom. The second kappa shape index (κ2) is 7.51. The molecule has 2 aromatic carbocycles. The summed E-state index contributed by atoms with van der Waals surface area (Å²) in [5.74, 6) is -0.152. The van der Waals surface area contributed by atoms with Crippen molar-refractivity contribution in [2.45, 2.75) is 13.5 Å². The number of carbonyl (C=O) groups excluding carboxylic acids is 1. The van der Waals surface area contributed by atoms with E-state index in [1.165, 1.54) is 12.1 Å². The zero-order chi connectivity index (χ0) is 16.8. The third-order valence-electron chi connectivity index (χ3n) is 3.40. The number of rotatable bonds is 6. The minimum atomic E-state index is -0.452. The largest absolute Gasteiger partial charge is 0.325 e. The number of aryl methyl sites for hydroxylation is 1. The lowest BCUT2D eigenvalue weighted by Gasteiger charge is -2.17. The lowest BCUT2D eigenvalue weighted by molar-refractivity contribution is -0.384. The number of hydrogen-bond donors (Lipinski definition) is 1. The predicted octanol–water partition coefficient (Wildman–Crippen LogP) is 2.97. The molecule has 0 atom stereocenters. The standard InChI is InChI=1S/C17H19N3O3/c1-13-10-15(20(22)23)8-9-16(13)18-17(21)12-19(2)11-14-6-4-3-5-7-14/h3-10H,11-12H2,1-2H3,(H,18,21). The highest BCUT2D eigenvalue weighted by molar-refractivity contribution is 5.93. The number of nitrogens with zero attached hydrogens (tertiary/aromatic N) is 2. The topological polar surface area (TPSA) is 75.5 Å². The molecule has 0 fully saturated rings. The van der Waals surface area contributed by atoms with Gasteiger partial charge in [0.05, 0.1) is 11.5 Å². The van der Waals surface area contributed by atoms with Gasteiger partial charge in [0.25, 0.3) is 5.69 Å². The number of carbonyl (C=O) groups is 1. The van der Waals surface area contributed by atoms with Gasteiger partial charge >= 0.3 is 0 Å². The molecule has 2 aromatic rings. The molecule has 0 unspecified atom stereocenters. The van der Waals surface area contributed by atoms with Gasteiger partial charge in [-0.3, -0.25) is 19.8 Å². The summed E-state index contributed by atoms with van der Waals surface area (Å²) in [5.41, 5.74) is 2.41. The van der Waals surface area contributed by atoms with E-state index in [2.05, 4.69) is 5.32 Å². The molecule has 0 bridgehead atoms. The number of nitro benzene ring substituents is 1. The second-order valence-corrected chi connectivity index (χ2v) is 5.46. The quantitative estimate of drug-likeness (QED) is 0.657. The average Bonchev–Trinajstić information content (AvgIpc) is 2.49. The molecule has 0 radical (unpaired) electrons. The van der Waals surface area contributed by atoms with Crippen LogP contribution in [0.5, 0.6) is 0 Å². The van der Waals surface area contributed by atoms with Crippen LogP contribution in [0.4, 0.5) is 11.4 Å². The Kier molecular flexibility index (Phi) is 5.43. The maximum absolute atomic E-state index is 12.1. The summed E-state index contributed by atoms with van der Waals surface area (Å²) in [6.45, 7) is 2.65. The second-order valence-electron chi connectivity index (χ2n) is 5.46. The summed E-state index contributed by atoms with van der Waals surface area (Å²) < 4.78 is 0. The maximum Gasteiger partial charge on any atom is 0.269 e. The van der Waals surface area contributed by atoms with Crippen molar-refractivity contribution in [3.05, 3.63) is 69.8 Å². The average molecular weight is 313 g/mol. The highest BCUT2D eigenvalue weighted by Gasteiger charge is 2.11. The van der Waals surface area contributed by atoms with E-state index >= 15 is 0 Å². The van der Waals surface area contributed by atoms with E-state index in [0.29, 0.717) is 17.8 Å². The van der Waals surface area contributed by atoms with E-state index in [1.807, 2.05) is 42.3 Å². The van der Waals surface area contributed by atoms with Gasteiger partial charge in [0, 0.05) is 24.4 Å². The molecule has 0 heterocycles. The number of nitrogens with one attached hydrogen (secondary N) is 1. The summed E-state index contributed by atoms with van der Waals surface area (Å²) in [6, 6.07) is 14.3. The molecule has 0 spiro atoms. The Hall–Kier alpha value is -2.73. The molecular formula is C17H19N3O3. The van der Waals surface area contributed by atoms with Crippen LogP contribution in [0.3, 0.4) is 0 Å². The molecule has 6 heteroatoms. The first-order chi connectivity index (χ1) is 11.0. The molecule has 0 saturated carbocycles. The van der Waals surface area contributed by atoms with E-state index in [1.54, 1.807) is 13.0 Å². The molecule has 0 aliphatic rings. The van der Waals surface area contributed by atoms with Crippen molar-refractivity contribution in [3.63, 3.8) is 0 Å². The van der Waals surface area contributed by atoms with Gasteiger partial charge < -0.3 is 5.32 Å². The number of likely N-dealkylation sites (N-methyl/N-ethyl adjacent to an activating group) is 1. The first-order valence-corrected chi connectivity index (χ1v) is 7.23. The van der Waals surface area contributed by atoms with Crippen molar-refractivity contribution in [2.24, 2.45) is 0 Å². The molecule has 23 heavy (non-hydrogen) atoms. The van der Waals surface area contributed by atoms with Gasteiger partial charge in [-0.2, -0.15) is 0 Å². The van der Waals surface area contributed by atoms with Crippen LogP contribution in [0.2, 0.25) is 0 Å². The first-order valence-electron chi connectivity index (χ1n) is 7.23. The van der Waals surface area contributed by atoms with E-state index < -0.39 is 4.92 Å². The van der Waals surface area contributed by atoms with Gasteiger partial charge in [-0.25, -0.2) is 0 Å². The predicted molar refractivity (Wildman–Crippen MR) is 89.2 cm³/mol. The van der Waals surface area contributed by atoms with Crippen molar-refractivity contribution >= 4 is 17.3 Å². The van der Waals surface area contributed by atoms with Crippen LogP contribution in [0, 0.1) is 17.0 Å². The molecule has 0 aliphatic heterocycles. The smallest absolute Gasteiger partial charge is 0.269 e. The molecule has 1 N–H and O–H groups in total. The fraction of sp³-hybridized carbons (Fsp3) is 0.235. The zero-order valence-corrected chi connectivity index (χ0v) is 13.2. The fourth-order valence-corrected chi connectivity index (χ4v) is 2.29. The highest BCUT2D eigenvalue weighted by Crippen LogP contribution is 2.21. The minimum absolute atomic E-state index is 0.0155. The SMILES string of the molecule is Cc1cc([N+](=O)[O-])ccc1NC(=O)CN(C)Cc1ccccc1. The van der Waals surface area contributed by atoms with E-state index in [-0.39, 0.29) is 18.1 Å². The van der Waals surface area contributed by atoms with Crippen LogP contribution in [-0.2, 0) is 11.3 Å². The summed E-state index contributed by atoms with van der Waals surface area (Å²) in [7, 11) is 1.87. The molecule has 0 aliphatic carbocycles. The van der Waals surface area contributed by atoms with Crippen molar-refractivity contribution < 1.29 is 9.72 Å². The van der Waals surface area contributed by atoms with Crippen LogP contribution in [-0.4, -0.2) is 29.3 Å². The van der Waals surface area contributed by atoms with Crippen LogP contribution < -0.4 is 5.32 Å². The van der Waals surface area contributed by atoms with Crippen molar-refractivity contribution in [1.29, 1.82) is 0 Å². The zero-order valence-electron chi connectivity index (χ0n) is 13.2. The maximum atomic E-state index is 12.1. The normalized spacial score (nSPS) is 10.6. The van der Waals surface area contributed by atoms with Gasteiger partial charge in [0.15, 0.2) is 0 Å². The third kappa shape index (κ3) is 4.89. The molecule has 120 valence electrons. The Bertz CT molecular complexity index is 701. The molecular weight excluding hydrogens is 294 g/mol. The Labute approximate surface area is 134 Å². The molecule has 1 amide bonds. The van der Waals surface area contributed by atoms with E-state index in [9.17, 15) is 14.9 Å². The summed E-state index contributed by atoms with van der Waals surface area (Å²) in [6.07, 6.45) is 0. The Morgan fingerprint density at radius 2 is 1.91 bits per heavy atom. The van der Waals surface area contributed by atoms with Gasteiger partial charge in [-0.15, -0.1) is 0 Å². The van der Waals surface area contributed by atoms with Crippen molar-refractivity contribution in [2.75, 3.05) is 18.9 Å². The fourth-order valence-electron chi connectivity index (χ4n) is 2.29. The molecule has 6 nitrogen and oxygen atoms in total. The van der Waals surface area contributed by atoms with Crippen molar-refractivity contribution in [1.82, 2.24) is 4.90 Å². The van der Waals surface area contributed by atoms with Gasteiger partial charge in [0.1, 0.15) is 0 Å². The monoisotopic (exact) mass is 313 g/mol. The minimum Gasteiger partial charge on any atom is -0.325 e. The van der Waals surface area contributed by atoms with Gasteiger partial charge in [-0.1, -0.05) is 30.3 Å². The lowest BCUT2D eigenvalue weighted by atomic mass is 10.2. The highest BCUT2D eigenvalue weighted by atomic mass is 16.6. The number of nitro groups is 1. The number of anilines is 1. The van der Waals surface area contributed by atoms with Crippen LogP contribution in [0.1, 0.15) is 11.1 Å². The summed E-state index contributed by atoms with van der Waals surface area (Å²) in [5, 5.41) is 13.5. The number of amides is 1.